The van der Waals surface area contributed by atoms with E-state index in [9.17, 15) is 20.0 Å². The number of nitro groups is 1. The van der Waals surface area contributed by atoms with Gasteiger partial charge in [-0.3, -0.25) is 14.9 Å². The van der Waals surface area contributed by atoms with Gasteiger partial charge in [0.2, 0.25) is 0 Å². The number of phenolic OH excluding ortho intramolecular Hbond substituents is 1. The summed E-state index contributed by atoms with van der Waals surface area (Å²) in [5.74, 6) is -0.122. The summed E-state index contributed by atoms with van der Waals surface area (Å²) in [7, 11) is 0. The van der Waals surface area contributed by atoms with Gasteiger partial charge >= 0.3 is 0 Å². The molecule has 1 N–H and O–H groups in total. The summed E-state index contributed by atoms with van der Waals surface area (Å²) in [5, 5.41) is 20.2. The van der Waals surface area contributed by atoms with Crippen LogP contribution >= 0.6 is 0 Å². The normalized spacial score (nSPS) is 18.9. The topological polar surface area (TPSA) is 83.7 Å². The molecule has 0 saturated carbocycles. The Morgan fingerprint density at radius 1 is 1.56 bits per heavy atom. The number of carbonyl (C=O) groups excluding carboxylic acids is 1. The number of nitro benzene ring substituents is 1. The summed E-state index contributed by atoms with van der Waals surface area (Å²) >= 11 is 0. The van der Waals surface area contributed by atoms with Crippen molar-refractivity contribution in [3.8, 4) is 5.75 Å². The van der Waals surface area contributed by atoms with Crippen LogP contribution in [0.2, 0.25) is 0 Å². The average Bonchev–Trinajstić information content (AvgIpc) is 2.74. The molecule has 1 aliphatic heterocycles. The molecule has 0 aromatic heterocycles. The Hall–Kier alpha value is -2.11. The summed E-state index contributed by atoms with van der Waals surface area (Å²) in [4.78, 5) is 24.0. The maximum Gasteiger partial charge on any atom is 0.282 e. The number of rotatable bonds is 2. The molecular formula is C12H14N2O4. The van der Waals surface area contributed by atoms with E-state index >= 15 is 0 Å². The zero-order valence-electron chi connectivity index (χ0n) is 10.00. The van der Waals surface area contributed by atoms with Gasteiger partial charge in [-0.15, -0.1) is 0 Å². The van der Waals surface area contributed by atoms with Crippen LogP contribution in [-0.2, 0) is 0 Å². The van der Waals surface area contributed by atoms with Crippen molar-refractivity contribution in [2.75, 3.05) is 13.1 Å². The maximum atomic E-state index is 12.2. The summed E-state index contributed by atoms with van der Waals surface area (Å²) in [6.45, 7) is 3.24. The van der Waals surface area contributed by atoms with Crippen LogP contribution in [-0.4, -0.2) is 33.9 Å². The van der Waals surface area contributed by atoms with Gasteiger partial charge in [-0.1, -0.05) is 6.92 Å². The molecule has 1 fully saturated rings. The van der Waals surface area contributed by atoms with Gasteiger partial charge in [0.05, 0.1) is 4.92 Å². The lowest BCUT2D eigenvalue weighted by Gasteiger charge is -2.15. The van der Waals surface area contributed by atoms with Crippen molar-refractivity contribution in [3.05, 3.63) is 33.9 Å². The Kier molecular flexibility index (Phi) is 3.18. The minimum atomic E-state index is -0.605. The molecule has 1 amide bonds. The van der Waals surface area contributed by atoms with Gasteiger partial charge in [0, 0.05) is 19.2 Å². The van der Waals surface area contributed by atoms with Crippen LogP contribution in [0.25, 0.3) is 0 Å². The molecule has 0 aliphatic carbocycles. The molecule has 1 unspecified atom stereocenters. The molecule has 2 rings (SSSR count). The molecule has 6 heteroatoms. The highest BCUT2D eigenvalue weighted by Crippen LogP contribution is 2.26. The molecule has 1 aromatic rings. The highest BCUT2D eigenvalue weighted by atomic mass is 16.6. The predicted molar refractivity (Wildman–Crippen MR) is 64.4 cm³/mol. The molecule has 1 aliphatic rings. The van der Waals surface area contributed by atoms with Crippen LogP contribution < -0.4 is 0 Å². The third kappa shape index (κ3) is 2.27. The highest BCUT2D eigenvalue weighted by molar-refractivity contribution is 5.98. The van der Waals surface area contributed by atoms with E-state index in [4.69, 9.17) is 0 Å². The lowest BCUT2D eigenvalue weighted by molar-refractivity contribution is -0.385. The Bertz CT molecular complexity index is 501. The molecule has 0 bridgehead atoms. The number of phenols is 1. The number of aromatic hydroxyl groups is 1. The molecule has 96 valence electrons. The quantitative estimate of drug-likeness (QED) is 0.640. The van der Waals surface area contributed by atoms with E-state index in [2.05, 4.69) is 0 Å². The third-order valence-corrected chi connectivity index (χ3v) is 3.12. The predicted octanol–water partition coefficient (Wildman–Crippen LogP) is 1.78. The van der Waals surface area contributed by atoms with E-state index in [0.717, 1.165) is 18.6 Å². The molecule has 6 nitrogen and oxygen atoms in total. The number of nitrogens with zero attached hydrogens (tertiary/aromatic N) is 2. The van der Waals surface area contributed by atoms with Crippen LogP contribution in [0.3, 0.4) is 0 Å². The fourth-order valence-electron chi connectivity index (χ4n) is 2.14. The van der Waals surface area contributed by atoms with Gasteiger partial charge in [-0.25, -0.2) is 0 Å². The average molecular weight is 250 g/mol. The Morgan fingerprint density at radius 3 is 2.83 bits per heavy atom. The molecule has 0 radical (unpaired) electrons. The summed E-state index contributed by atoms with van der Waals surface area (Å²) in [5.41, 5.74) is -0.313. The zero-order chi connectivity index (χ0) is 13.3. The molecule has 1 heterocycles. The van der Waals surface area contributed by atoms with Crippen LogP contribution in [0.1, 0.15) is 23.7 Å². The monoisotopic (exact) mass is 250 g/mol. The van der Waals surface area contributed by atoms with E-state index in [1.165, 1.54) is 6.07 Å². The Labute approximate surface area is 104 Å². The van der Waals surface area contributed by atoms with Crippen molar-refractivity contribution in [2.24, 2.45) is 5.92 Å². The first kappa shape index (κ1) is 12.3. The van der Waals surface area contributed by atoms with E-state index in [0.29, 0.717) is 19.0 Å². The molecule has 0 spiro atoms. The second-order valence-corrected chi connectivity index (χ2v) is 4.60. The highest BCUT2D eigenvalue weighted by Gasteiger charge is 2.29. The number of carbonyl (C=O) groups is 1. The first-order chi connectivity index (χ1) is 8.49. The van der Waals surface area contributed by atoms with Crippen LogP contribution in [0.4, 0.5) is 5.69 Å². The van der Waals surface area contributed by atoms with E-state index in [-0.39, 0.29) is 22.9 Å². The largest absolute Gasteiger partial charge is 0.508 e. The fraction of sp³-hybridized carbons (Fsp3) is 0.417. The summed E-state index contributed by atoms with van der Waals surface area (Å²) in [6, 6.07) is 3.52. The molecule has 1 aromatic carbocycles. The smallest absolute Gasteiger partial charge is 0.282 e. The van der Waals surface area contributed by atoms with Crippen LogP contribution in [0.5, 0.6) is 5.75 Å². The zero-order valence-corrected chi connectivity index (χ0v) is 10.00. The molecule has 1 atom stereocenters. The Balaban J connectivity index is 2.34. The van der Waals surface area contributed by atoms with Crippen molar-refractivity contribution in [3.63, 3.8) is 0 Å². The SMILES string of the molecule is CC1CCN(C(=O)c2cc(O)ccc2[N+](=O)[O-])C1. The number of hydrogen-bond donors (Lipinski definition) is 1. The van der Waals surface area contributed by atoms with Crippen molar-refractivity contribution >= 4 is 11.6 Å². The second kappa shape index (κ2) is 4.64. The van der Waals surface area contributed by atoms with Gasteiger partial charge < -0.3 is 10.0 Å². The van der Waals surface area contributed by atoms with Crippen molar-refractivity contribution in [1.29, 1.82) is 0 Å². The molecule has 1 saturated heterocycles. The van der Waals surface area contributed by atoms with Gasteiger partial charge in [0.1, 0.15) is 11.3 Å². The Morgan fingerprint density at radius 2 is 2.28 bits per heavy atom. The van der Waals surface area contributed by atoms with E-state index in [1.54, 1.807) is 4.90 Å². The van der Waals surface area contributed by atoms with Crippen molar-refractivity contribution in [2.45, 2.75) is 13.3 Å². The van der Waals surface area contributed by atoms with Gasteiger partial charge in [0.15, 0.2) is 0 Å². The first-order valence-corrected chi connectivity index (χ1v) is 5.75. The lowest BCUT2D eigenvalue weighted by atomic mass is 10.1. The van der Waals surface area contributed by atoms with Crippen LogP contribution in [0, 0.1) is 16.0 Å². The van der Waals surface area contributed by atoms with Gasteiger partial charge in [0.25, 0.3) is 11.6 Å². The fourth-order valence-corrected chi connectivity index (χ4v) is 2.14. The van der Waals surface area contributed by atoms with Gasteiger partial charge in [-0.05, 0) is 24.5 Å². The lowest BCUT2D eigenvalue weighted by Crippen LogP contribution is -2.29. The molecular weight excluding hydrogens is 236 g/mol. The van der Waals surface area contributed by atoms with Gasteiger partial charge in [-0.2, -0.15) is 0 Å². The summed E-state index contributed by atoms with van der Waals surface area (Å²) < 4.78 is 0. The standard InChI is InChI=1S/C12H14N2O4/c1-8-4-5-13(7-8)12(16)10-6-9(15)2-3-11(10)14(17)18/h2-3,6,8,15H,4-5,7H2,1H3. The number of amides is 1. The summed E-state index contributed by atoms with van der Waals surface area (Å²) in [6.07, 6.45) is 0.901. The minimum Gasteiger partial charge on any atom is -0.508 e. The maximum absolute atomic E-state index is 12.2. The minimum absolute atomic E-state index is 0.0471. The third-order valence-electron chi connectivity index (χ3n) is 3.12. The van der Waals surface area contributed by atoms with Crippen molar-refractivity contribution < 1.29 is 14.8 Å². The van der Waals surface area contributed by atoms with E-state index in [1.807, 2.05) is 6.92 Å². The first-order valence-electron chi connectivity index (χ1n) is 5.75. The number of hydrogen-bond acceptors (Lipinski definition) is 4. The van der Waals surface area contributed by atoms with Crippen LogP contribution in [0.15, 0.2) is 18.2 Å². The van der Waals surface area contributed by atoms with Crippen molar-refractivity contribution in [1.82, 2.24) is 4.90 Å². The number of benzene rings is 1. The second-order valence-electron chi connectivity index (χ2n) is 4.60. The number of likely N-dealkylation sites (tertiary alicyclic amines) is 1. The van der Waals surface area contributed by atoms with E-state index < -0.39 is 4.92 Å². The molecule has 18 heavy (non-hydrogen) atoms.